The van der Waals surface area contributed by atoms with Crippen LogP contribution in [-0.4, -0.2) is 46.3 Å². The van der Waals surface area contributed by atoms with Crippen LogP contribution in [0.5, 0.6) is 5.75 Å². The number of rotatable bonds is 9. The zero-order valence-corrected chi connectivity index (χ0v) is 21.3. The van der Waals surface area contributed by atoms with Gasteiger partial charge in [0, 0.05) is 5.69 Å². The Balaban J connectivity index is 2.20. The number of hydrogen-bond donors (Lipinski definition) is 4. The monoisotopic (exact) mass is 525 g/mol. The van der Waals surface area contributed by atoms with Crippen LogP contribution in [0.3, 0.4) is 0 Å². The third-order valence-electron chi connectivity index (χ3n) is 5.64. The highest BCUT2D eigenvalue weighted by Crippen LogP contribution is 2.36. The number of benzene rings is 2. The summed E-state index contributed by atoms with van der Waals surface area (Å²) in [5.74, 6) is -2.99. The normalized spacial score (nSPS) is 11.4. The maximum Gasteiger partial charge on any atom is 0.325 e. The number of hydrogen-bond acceptors (Lipinski definition) is 9. The molecule has 0 radical (unpaired) electrons. The first-order chi connectivity index (χ1) is 17.6. The predicted octanol–water partition coefficient (Wildman–Crippen LogP) is 2.21. The molecule has 0 saturated heterocycles. The van der Waals surface area contributed by atoms with Gasteiger partial charge < -0.3 is 26.6 Å². The Bertz CT molecular complexity index is 1340. The molecule has 11 nitrogen and oxygen atoms in total. The molecule has 2 aromatic carbocycles. The smallest absolute Gasteiger partial charge is 0.325 e. The summed E-state index contributed by atoms with van der Waals surface area (Å²) in [6.45, 7) is 4.99. The quantitative estimate of drug-likeness (QED) is 0.307. The van der Waals surface area contributed by atoms with Crippen LogP contribution >= 0.6 is 11.5 Å². The zero-order valence-electron chi connectivity index (χ0n) is 20.5. The summed E-state index contributed by atoms with van der Waals surface area (Å²) < 4.78 is 8.82. The Morgan fingerprint density at radius 2 is 1.81 bits per heavy atom. The number of aromatic hydroxyl groups is 1. The Labute approximate surface area is 217 Å². The average Bonchev–Trinajstić information content (AvgIpc) is 3.25. The van der Waals surface area contributed by atoms with Gasteiger partial charge >= 0.3 is 5.97 Å². The molecular formula is C25H27N5O6S. The highest BCUT2D eigenvalue weighted by atomic mass is 32.1. The van der Waals surface area contributed by atoms with Gasteiger partial charge in [0.25, 0.3) is 11.8 Å². The van der Waals surface area contributed by atoms with Crippen molar-refractivity contribution in [2.75, 3.05) is 23.8 Å². The number of amides is 3. The van der Waals surface area contributed by atoms with E-state index in [2.05, 4.69) is 9.69 Å². The van der Waals surface area contributed by atoms with E-state index in [1.165, 1.54) is 29.2 Å². The van der Waals surface area contributed by atoms with E-state index >= 15 is 0 Å². The number of aryl methyl sites for hydroxylation is 1. The molecule has 3 amide bonds. The summed E-state index contributed by atoms with van der Waals surface area (Å²) in [5.41, 5.74) is 13.2. The van der Waals surface area contributed by atoms with Crippen LogP contribution in [0.2, 0.25) is 0 Å². The van der Waals surface area contributed by atoms with Gasteiger partial charge in [-0.15, -0.1) is 0 Å². The minimum atomic E-state index is -1.30. The molecule has 0 spiro atoms. The minimum absolute atomic E-state index is 0.0446. The molecular weight excluding hydrogens is 498 g/mol. The fourth-order valence-corrected chi connectivity index (χ4v) is 4.39. The summed E-state index contributed by atoms with van der Waals surface area (Å²) >= 11 is 0.684. The SMILES string of the molecule is CCOC(=O)CNC(=O)[C@H](c1ccc(O)cc1)N(C(=O)c1snc(C(N)=O)c1N)c1cccc(C)c1C. The number of nitrogens with one attached hydrogen (secondary N) is 1. The van der Waals surface area contributed by atoms with Gasteiger partial charge in [0.15, 0.2) is 5.69 Å². The maximum atomic E-state index is 14.0. The van der Waals surface area contributed by atoms with Gasteiger partial charge in [-0.25, -0.2) is 0 Å². The lowest BCUT2D eigenvalue weighted by molar-refractivity contribution is -0.143. The van der Waals surface area contributed by atoms with Crippen molar-refractivity contribution >= 4 is 46.6 Å². The number of primary amides is 1. The lowest BCUT2D eigenvalue weighted by atomic mass is 9.99. The van der Waals surface area contributed by atoms with E-state index in [-0.39, 0.29) is 28.6 Å². The van der Waals surface area contributed by atoms with E-state index in [0.29, 0.717) is 28.3 Å². The fraction of sp³-hybridized carbons (Fsp3) is 0.240. The van der Waals surface area contributed by atoms with Crippen LogP contribution in [0.25, 0.3) is 0 Å². The molecule has 0 aliphatic carbocycles. The highest BCUT2D eigenvalue weighted by Gasteiger charge is 2.37. The number of aromatic nitrogens is 1. The van der Waals surface area contributed by atoms with Crippen LogP contribution < -0.4 is 21.7 Å². The molecule has 1 aromatic heterocycles. The van der Waals surface area contributed by atoms with E-state index < -0.39 is 36.3 Å². The van der Waals surface area contributed by atoms with Gasteiger partial charge in [0.05, 0.1) is 12.3 Å². The molecule has 0 unspecified atom stereocenters. The average molecular weight is 526 g/mol. The van der Waals surface area contributed by atoms with E-state index in [4.69, 9.17) is 16.2 Å². The second kappa shape index (κ2) is 11.5. The Morgan fingerprint density at radius 3 is 2.41 bits per heavy atom. The van der Waals surface area contributed by atoms with Crippen molar-refractivity contribution in [2.24, 2.45) is 5.73 Å². The molecule has 0 saturated carbocycles. The maximum absolute atomic E-state index is 14.0. The van der Waals surface area contributed by atoms with Gasteiger partial charge in [-0.2, -0.15) is 4.37 Å². The Hall–Kier alpha value is -4.45. The number of carbonyl (C=O) groups excluding carboxylic acids is 4. The summed E-state index contributed by atoms with van der Waals surface area (Å²) in [6, 6.07) is 9.66. The van der Waals surface area contributed by atoms with Crippen LogP contribution in [0, 0.1) is 13.8 Å². The molecule has 1 atom stereocenters. The molecule has 12 heteroatoms. The van der Waals surface area contributed by atoms with Crippen molar-refractivity contribution in [3.63, 3.8) is 0 Å². The van der Waals surface area contributed by atoms with Crippen molar-refractivity contribution in [1.29, 1.82) is 0 Å². The van der Waals surface area contributed by atoms with Crippen molar-refractivity contribution in [2.45, 2.75) is 26.8 Å². The molecule has 3 rings (SSSR count). The van der Waals surface area contributed by atoms with Gasteiger partial charge in [0.1, 0.15) is 23.2 Å². The number of nitrogens with zero attached hydrogens (tertiary/aromatic N) is 2. The molecule has 0 fully saturated rings. The van der Waals surface area contributed by atoms with E-state index in [1.54, 1.807) is 26.0 Å². The number of nitrogens with two attached hydrogens (primary N) is 2. The molecule has 6 N–H and O–H groups in total. The first-order valence-corrected chi connectivity index (χ1v) is 12.0. The Morgan fingerprint density at radius 1 is 1.14 bits per heavy atom. The molecule has 1 heterocycles. The minimum Gasteiger partial charge on any atom is -0.508 e. The number of nitrogen functional groups attached to an aromatic ring is 1. The second-order valence-electron chi connectivity index (χ2n) is 8.05. The first kappa shape index (κ1) is 27.1. The number of phenolic OH excluding ortho intramolecular Hbond substituents is 1. The van der Waals surface area contributed by atoms with Crippen LogP contribution in [0.4, 0.5) is 11.4 Å². The van der Waals surface area contributed by atoms with E-state index in [1.807, 2.05) is 13.0 Å². The molecule has 194 valence electrons. The number of carbonyl (C=O) groups is 4. The predicted molar refractivity (Wildman–Crippen MR) is 138 cm³/mol. The molecule has 0 aliphatic heterocycles. The van der Waals surface area contributed by atoms with Crippen LogP contribution in [0.1, 0.15) is 49.8 Å². The third-order valence-corrected chi connectivity index (χ3v) is 6.49. The van der Waals surface area contributed by atoms with Gasteiger partial charge in [-0.05, 0) is 67.2 Å². The van der Waals surface area contributed by atoms with Crippen molar-refractivity contribution < 1.29 is 29.0 Å². The van der Waals surface area contributed by atoms with Crippen LogP contribution in [0.15, 0.2) is 42.5 Å². The van der Waals surface area contributed by atoms with Crippen LogP contribution in [-0.2, 0) is 14.3 Å². The van der Waals surface area contributed by atoms with Gasteiger partial charge in [-0.3, -0.25) is 24.1 Å². The summed E-state index contributed by atoms with van der Waals surface area (Å²) in [4.78, 5) is 52.4. The highest BCUT2D eigenvalue weighted by molar-refractivity contribution is 7.09. The summed E-state index contributed by atoms with van der Waals surface area (Å²) in [5, 5.41) is 12.3. The topological polar surface area (TPSA) is 178 Å². The standard InChI is InChI=1S/C25H27N5O6S/c1-4-36-18(32)12-28-24(34)21(15-8-10-16(31)11-9-15)30(17-7-5-6-13(2)14(17)3)25(35)22-19(26)20(23(27)33)29-37-22/h5-11,21,31H,4,12,26H2,1-3H3,(H2,27,33)(H,28,34)/t21-/m0/s1. The lowest BCUT2D eigenvalue weighted by Crippen LogP contribution is -2.45. The summed E-state index contributed by atoms with van der Waals surface area (Å²) in [6.07, 6.45) is 0. The number of ether oxygens (including phenoxy) is 1. The first-order valence-electron chi connectivity index (χ1n) is 11.2. The molecule has 0 aliphatic rings. The number of anilines is 2. The fourth-order valence-electron chi connectivity index (χ4n) is 3.64. The van der Waals surface area contributed by atoms with Crippen molar-refractivity contribution in [3.05, 3.63) is 69.7 Å². The van der Waals surface area contributed by atoms with Gasteiger partial charge in [0.2, 0.25) is 5.91 Å². The molecule has 3 aromatic rings. The molecule has 37 heavy (non-hydrogen) atoms. The molecule has 0 bridgehead atoms. The van der Waals surface area contributed by atoms with E-state index in [9.17, 15) is 24.3 Å². The zero-order chi connectivity index (χ0) is 27.3. The number of phenols is 1. The second-order valence-corrected chi connectivity index (χ2v) is 8.82. The summed E-state index contributed by atoms with van der Waals surface area (Å²) in [7, 11) is 0. The van der Waals surface area contributed by atoms with Crippen molar-refractivity contribution in [3.8, 4) is 5.75 Å². The lowest BCUT2D eigenvalue weighted by Gasteiger charge is -2.32. The van der Waals surface area contributed by atoms with E-state index in [0.717, 1.165) is 5.56 Å². The number of esters is 1. The van der Waals surface area contributed by atoms with Gasteiger partial charge in [-0.1, -0.05) is 24.3 Å². The Kier molecular flexibility index (Phi) is 8.45. The largest absolute Gasteiger partial charge is 0.508 e. The third kappa shape index (κ3) is 5.86. The van der Waals surface area contributed by atoms with Crippen molar-refractivity contribution in [1.82, 2.24) is 9.69 Å².